The number of para-hydroxylation sites is 1. The summed E-state index contributed by atoms with van der Waals surface area (Å²) in [5.41, 5.74) is 2.92. The molecule has 3 aromatic rings. The molecule has 1 heterocycles. The highest BCUT2D eigenvalue weighted by molar-refractivity contribution is 6.30. The van der Waals surface area contributed by atoms with Gasteiger partial charge in [0.25, 0.3) is 0 Å². The summed E-state index contributed by atoms with van der Waals surface area (Å²) in [6.45, 7) is 4.01. The Balaban J connectivity index is 2.02. The molecule has 0 amide bonds. The summed E-state index contributed by atoms with van der Waals surface area (Å²) in [6.07, 6.45) is -0.447. The van der Waals surface area contributed by atoms with Crippen molar-refractivity contribution in [1.29, 1.82) is 0 Å². The van der Waals surface area contributed by atoms with Gasteiger partial charge in [-0.2, -0.15) is 0 Å². The molecule has 0 saturated heterocycles. The van der Waals surface area contributed by atoms with Crippen LogP contribution >= 0.6 is 11.6 Å². The van der Waals surface area contributed by atoms with Gasteiger partial charge in [0, 0.05) is 16.4 Å². The Labute approximate surface area is 210 Å². The van der Waals surface area contributed by atoms with Crippen LogP contribution in [0.2, 0.25) is 5.02 Å². The van der Waals surface area contributed by atoms with E-state index in [1.807, 2.05) is 77.7 Å². The van der Waals surface area contributed by atoms with Crippen LogP contribution in [0.15, 0.2) is 96.2 Å². The maximum absolute atomic E-state index is 13.4. The Morgan fingerprint density at radius 3 is 1.97 bits per heavy atom. The quantitative estimate of drug-likeness (QED) is 0.393. The van der Waals surface area contributed by atoms with Gasteiger partial charge in [-0.1, -0.05) is 60.1 Å². The normalized spacial score (nSPS) is 15.7. The average Bonchev–Trinajstić information content (AvgIpc) is 2.89. The van der Waals surface area contributed by atoms with E-state index in [0.29, 0.717) is 10.7 Å². The maximum atomic E-state index is 13.4. The third kappa shape index (κ3) is 5.17. The van der Waals surface area contributed by atoms with Gasteiger partial charge in [-0.15, -0.1) is 0 Å². The average molecular weight is 491 g/mol. The van der Waals surface area contributed by atoms with E-state index in [2.05, 4.69) is 4.90 Å². The van der Waals surface area contributed by atoms with Gasteiger partial charge in [0.05, 0.1) is 25.3 Å². The molecule has 6 nitrogen and oxygen atoms in total. The molecule has 35 heavy (non-hydrogen) atoms. The fraction of sp³-hybridized carbons (Fsp3) is 0.214. The van der Waals surface area contributed by atoms with Gasteiger partial charge in [0.15, 0.2) is 0 Å². The van der Waals surface area contributed by atoms with Crippen molar-refractivity contribution in [1.82, 2.24) is 0 Å². The van der Waals surface area contributed by atoms with E-state index in [-0.39, 0.29) is 31.0 Å². The number of carbonyl (C=O) groups excluding carboxylic acids is 2. The zero-order valence-corrected chi connectivity index (χ0v) is 20.4. The molecule has 0 spiro atoms. The molecule has 1 aliphatic heterocycles. The summed E-state index contributed by atoms with van der Waals surface area (Å²) in [5.74, 6) is -1.14. The van der Waals surface area contributed by atoms with Crippen molar-refractivity contribution in [2.24, 2.45) is 0 Å². The number of halogens is 1. The number of rotatable bonds is 7. The van der Waals surface area contributed by atoms with Gasteiger partial charge in [-0.05, 0) is 55.8 Å². The van der Waals surface area contributed by atoms with Crippen LogP contribution in [0.25, 0.3) is 0 Å². The lowest BCUT2D eigenvalue weighted by molar-refractivity contribution is -0.142. The summed E-state index contributed by atoms with van der Waals surface area (Å²) in [5, 5.41) is 0.564. The Morgan fingerprint density at radius 1 is 0.800 bits per heavy atom. The molecule has 3 aromatic carbocycles. The summed E-state index contributed by atoms with van der Waals surface area (Å²) in [6, 6.07) is 26.8. The standard InChI is InChI=1S/C28H27ClN2O4/c1-3-34-27(32)24-19-30(22-13-9-6-10-14-22)26(20-11-7-5-8-12-20)31(25(24)28(33)35-4-2)23-17-15-21(29)16-18-23/h5-18,26H,3-4,19H2,1-2H3. The molecule has 0 fully saturated rings. The number of nitrogens with zero attached hydrogens (tertiary/aromatic N) is 2. The number of hydrogen-bond donors (Lipinski definition) is 0. The molecule has 0 aliphatic carbocycles. The Kier molecular flexibility index (Phi) is 7.73. The Morgan fingerprint density at radius 2 is 1.37 bits per heavy atom. The predicted molar refractivity (Wildman–Crippen MR) is 137 cm³/mol. The molecule has 7 heteroatoms. The smallest absolute Gasteiger partial charge is 0.355 e. The first-order valence-corrected chi connectivity index (χ1v) is 11.9. The van der Waals surface area contributed by atoms with Crippen LogP contribution < -0.4 is 9.80 Å². The molecule has 1 unspecified atom stereocenters. The molecule has 0 saturated carbocycles. The summed E-state index contributed by atoms with van der Waals surface area (Å²) < 4.78 is 10.8. The molecule has 1 atom stereocenters. The number of esters is 2. The zero-order valence-electron chi connectivity index (χ0n) is 19.7. The minimum atomic E-state index is -0.584. The number of hydrogen-bond acceptors (Lipinski definition) is 6. The molecular weight excluding hydrogens is 464 g/mol. The third-order valence-corrected chi connectivity index (χ3v) is 5.93. The monoisotopic (exact) mass is 490 g/mol. The molecule has 0 bridgehead atoms. The minimum Gasteiger partial charge on any atom is -0.463 e. The van der Waals surface area contributed by atoms with Crippen molar-refractivity contribution in [2.75, 3.05) is 29.6 Å². The molecule has 0 aromatic heterocycles. The Hall–Kier alpha value is -3.77. The van der Waals surface area contributed by atoms with Gasteiger partial charge in [-0.25, -0.2) is 9.59 Å². The van der Waals surface area contributed by atoms with Crippen LogP contribution in [0.3, 0.4) is 0 Å². The van der Waals surface area contributed by atoms with Crippen molar-refractivity contribution in [3.63, 3.8) is 0 Å². The summed E-state index contributed by atoms with van der Waals surface area (Å²) in [7, 11) is 0. The Bertz CT molecular complexity index is 1200. The van der Waals surface area contributed by atoms with Crippen LogP contribution in [-0.4, -0.2) is 31.7 Å². The zero-order chi connectivity index (χ0) is 24.8. The predicted octanol–water partition coefficient (Wildman–Crippen LogP) is 5.75. The van der Waals surface area contributed by atoms with Gasteiger partial charge in [0.2, 0.25) is 0 Å². The number of ether oxygens (including phenoxy) is 2. The van der Waals surface area contributed by atoms with Crippen LogP contribution in [0.1, 0.15) is 25.6 Å². The number of anilines is 2. The SMILES string of the molecule is CCOC(=O)C1=C(C(=O)OCC)N(c2ccc(Cl)cc2)C(c2ccccc2)N(c2ccccc2)C1. The highest BCUT2D eigenvalue weighted by atomic mass is 35.5. The van der Waals surface area contributed by atoms with Crippen molar-refractivity contribution < 1.29 is 19.1 Å². The lowest BCUT2D eigenvalue weighted by Gasteiger charge is -2.47. The maximum Gasteiger partial charge on any atom is 0.355 e. The van der Waals surface area contributed by atoms with E-state index in [1.54, 1.807) is 26.0 Å². The van der Waals surface area contributed by atoms with Crippen LogP contribution in [-0.2, 0) is 19.1 Å². The summed E-state index contributed by atoms with van der Waals surface area (Å²) in [4.78, 5) is 30.5. The highest BCUT2D eigenvalue weighted by Crippen LogP contribution is 2.42. The van der Waals surface area contributed by atoms with E-state index in [0.717, 1.165) is 11.3 Å². The van der Waals surface area contributed by atoms with E-state index in [4.69, 9.17) is 21.1 Å². The summed E-state index contributed by atoms with van der Waals surface area (Å²) >= 11 is 6.19. The van der Waals surface area contributed by atoms with Crippen LogP contribution in [0.5, 0.6) is 0 Å². The first-order chi connectivity index (χ1) is 17.0. The van der Waals surface area contributed by atoms with Gasteiger partial charge in [0.1, 0.15) is 11.9 Å². The molecule has 1 aliphatic rings. The van der Waals surface area contributed by atoms with E-state index in [1.165, 1.54) is 0 Å². The van der Waals surface area contributed by atoms with E-state index in [9.17, 15) is 9.59 Å². The molecule has 4 rings (SSSR count). The van der Waals surface area contributed by atoms with Crippen molar-refractivity contribution >= 4 is 34.9 Å². The van der Waals surface area contributed by atoms with Gasteiger partial charge in [-0.3, -0.25) is 0 Å². The second kappa shape index (κ2) is 11.1. The fourth-order valence-corrected chi connectivity index (χ4v) is 4.34. The van der Waals surface area contributed by atoms with Crippen molar-refractivity contribution in [3.8, 4) is 0 Å². The first kappa shape index (κ1) is 24.4. The second-order valence-electron chi connectivity index (χ2n) is 7.86. The number of carbonyl (C=O) groups is 2. The lowest BCUT2D eigenvalue weighted by Crippen LogP contribution is -2.50. The minimum absolute atomic E-state index is 0.161. The highest BCUT2D eigenvalue weighted by Gasteiger charge is 2.42. The third-order valence-electron chi connectivity index (χ3n) is 5.68. The van der Waals surface area contributed by atoms with E-state index < -0.39 is 18.1 Å². The van der Waals surface area contributed by atoms with Crippen LogP contribution in [0.4, 0.5) is 11.4 Å². The first-order valence-electron chi connectivity index (χ1n) is 11.5. The topological polar surface area (TPSA) is 59.1 Å². The largest absolute Gasteiger partial charge is 0.463 e. The fourth-order valence-electron chi connectivity index (χ4n) is 4.22. The molecule has 180 valence electrons. The molecule has 0 N–H and O–H groups in total. The van der Waals surface area contributed by atoms with Crippen LogP contribution in [0, 0.1) is 0 Å². The lowest BCUT2D eigenvalue weighted by atomic mass is 9.99. The van der Waals surface area contributed by atoms with Gasteiger partial charge >= 0.3 is 11.9 Å². The van der Waals surface area contributed by atoms with E-state index >= 15 is 0 Å². The van der Waals surface area contributed by atoms with Gasteiger partial charge < -0.3 is 19.3 Å². The second-order valence-corrected chi connectivity index (χ2v) is 8.30. The van der Waals surface area contributed by atoms with Crippen molar-refractivity contribution in [3.05, 3.63) is 107 Å². The van der Waals surface area contributed by atoms with Crippen molar-refractivity contribution in [2.45, 2.75) is 20.0 Å². The number of benzene rings is 3. The molecule has 0 radical (unpaired) electrons. The molecular formula is C28H27ClN2O4.